The molecule has 1 aliphatic rings. The molecule has 0 spiro atoms. The summed E-state index contributed by atoms with van der Waals surface area (Å²) in [5.74, 6) is -2.78. The van der Waals surface area contributed by atoms with Gasteiger partial charge in [0.15, 0.2) is 11.3 Å². The standard InChI is InChI=1S/C34H33F2N7O7S2/c1-34(2,3)50-33(47)41-31-26(40-30(51-31)25-22(35)12-7-13-23(25)36)29(44)39-24-17-37-28-21(27(24)42-15-8-9-19(18-42)38-32(45)46)14-16-43(28)52(48,49)20-10-5-4-6-11-20/h4-7,10-14,16-17,19,38H,8-9,15,18H2,1-3H3,(H,39,44)(H,41,47)(H,45,46)/t19-/m0/s1. The molecule has 52 heavy (non-hydrogen) atoms. The summed E-state index contributed by atoms with van der Waals surface area (Å²) in [6, 6.07) is 12.0. The maximum absolute atomic E-state index is 14.8. The molecule has 4 heterocycles. The maximum Gasteiger partial charge on any atom is 0.412 e. The van der Waals surface area contributed by atoms with Gasteiger partial charge < -0.3 is 25.4 Å². The first-order valence-corrected chi connectivity index (χ1v) is 18.2. The number of nitrogens with one attached hydrogen (secondary N) is 3. The Hall–Kier alpha value is -5.62. The van der Waals surface area contributed by atoms with E-state index in [1.165, 1.54) is 36.7 Å². The number of carboxylic acid groups (broad SMARTS) is 1. The molecule has 0 unspecified atom stereocenters. The minimum Gasteiger partial charge on any atom is -0.465 e. The minimum absolute atomic E-state index is 0.0209. The van der Waals surface area contributed by atoms with Crippen molar-refractivity contribution in [3.05, 3.63) is 84.3 Å². The van der Waals surface area contributed by atoms with Crippen LogP contribution in [-0.4, -0.2) is 70.3 Å². The van der Waals surface area contributed by atoms with Crippen molar-refractivity contribution in [3.8, 4) is 10.6 Å². The molecule has 1 fully saturated rings. The zero-order valence-electron chi connectivity index (χ0n) is 28.0. The Balaban J connectivity index is 1.45. The fraction of sp³-hybridized carbons (Fsp3) is 0.265. The number of piperidine rings is 1. The van der Waals surface area contributed by atoms with Crippen LogP contribution < -0.4 is 20.9 Å². The summed E-state index contributed by atoms with van der Waals surface area (Å²) < 4.78 is 63.3. The van der Waals surface area contributed by atoms with E-state index in [2.05, 4.69) is 25.9 Å². The summed E-state index contributed by atoms with van der Waals surface area (Å²) in [6.07, 6.45) is 1.53. The normalized spacial score (nSPS) is 14.9. The number of anilines is 3. The van der Waals surface area contributed by atoms with Gasteiger partial charge in [-0.15, -0.1) is 0 Å². The average Bonchev–Trinajstić information content (AvgIpc) is 3.69. The number of carbonyl (C=O) groups excluding carboxylic acids is 2. The number of thiazole rings is 1. The van der Waals surface area contributed by atoms with Crippen LogP contribution >= 0.6 is 11.3 Å². The molecular weight excluding hydrogens is 721 g/mol. The third-order valence-electron chi connectivity index (χ3n) is 7.90. The van der Waals surface area contributed by atoms with Crippen molar-refractivity contribution in [2.45, 2.75) is 50.2 Å². The molecule has 3 aromatic heterocycles. The fourth-order valence-electron chi connectivity index (χ4n) is 5.80. The molecule has 0 radical (unpaired) electrons. The summed E-state index contributed by atoms with van der Waals surface area (Å²) >= 11 is 0.655. The SMILES string of the molecule is CC(C)(C)OC(=O)Nc1sc(-c2c(F)cccc2F)nc1C(=O)Nc1cnc2c(ccn2S(=O)(=O)c2ccccc2)c1N1CCC[C@H](NC(=O)O)C1. The summed E-state index contributed by atoms with van der Waals surface area (Å²) in [6.45, 7) is 5.48. The Morgan fingerprint density at radius 2 is 1.73 bits per heavy atom. The van der Waals surface area contributed by atoms with Gasteiger partial charge in [0, 0.05) is 30.7 Å². The number of rotatable bonds is 8. The van der Waals surface area contributed by atoms with E-state index < -0.39 is 62.7 Å². The molecule has 5 aromatic rings. The number of carbonyl (C=O) groups is 3. The highest BCUT2D eigenvalue weighted by Crippen LogP contribution is 2.39. The Bertz CT molecular complexity index is 2270. The number of halogens is 2. The van der Waals surface area contributed by atoms with Crippen molar-refractivity contribution in [1.29, 1.82) is 0 Å². The van der Waals surface area contributed by atoms with Crippen LogP contribution in [0.5, 0.6) is 0 Å². The highest BCUT2D eigenvalue weighted by molar-refractivity contribution is 7.90. The third-order valence-corrected chi connectivity index (χ3v) is 10.6. The molecule has 0 aliphatic carbocycles. The minimum atomic E-state index is -4.10. The van der Waals surface area contributed by atoms with Crippen molar-refractivity contribution in [1.82, 2.24) is 19.3 Å². The third kappa shape index (κ3) is 7.52. The Labute approximate surface area is 300 Å². The van der Waals surface area contributed by atoms with E-state index in [1.807, 2.05) is 4.90 Å². The van der Waals surface area contributed by atoms with Crippen molar-refractivity contribution in [2.75, 3.05) is 28.6 Å². The molecule has 3 amide bonds. The second-order valence-electron chi connectivity index (χ2n) is 12.8. The molecule has 1 aliphatic heterocycles. The van der Waals surface area contributed by atoms with E-state index in [9.17, 15) is 36.7 Å². The topological polar surface area (TPSA) is 185 Å². The van der Waals surface area contributed by atoms with Gasteiger partial charge >= 0.3 is 12.2 Å². The van der Waals surface area contributed by atoms with Gasteiger partial charge in [-0.1, -0.05) is 35.6 Å². The number of hydrogen-bond acceptors (Lipinski definition) is 10. The van der Waals surface area contributed by atoms with Gasteiger partial charge in [-0.05, 0) is 63.9 Å². The summed E-state index contributed by atoms with van der Waals surface area (Å²) in [5.41, 5.74) is -1.34. The van der Waals surface area contributed by atoms with Crippen LogP contribution in [0.2, 0.25) is 0 Å². The van der Waals surface area contributed by atoms with Gasteiger partial charge in [0.2, 0.25) is 0 Å². The van der Waals surface area contributed by atoms with Crippen LogP contribution in [-0.2, 0) is 14.8 Å². The van der Waals surface area contributed by atoms with Gasteiger partial charge in [0.1, 0.15) is 27.2 Å². The first-order chi connectivity index (χ1) is 24.6. The second kappa shape index (κ2) is 14.2. The quantitative estimate of drug-likeness (QED) is 0.136. The first-order valence-electron chi connectivity index (χ1n) is 15.9. The van der Waals surface area contributed by atoms with Gasteiger partial charge in [-0.3, -0.25) is 10.1 Å². The molecule has 1 atom stereocenters. The highest BCUT2D eigenvalue weighted by atomic mass is 32.2. The lowest BCUT2D eigenvalue weighted by Gasteiger charge is -2.35. The summed E-state index contributed by atoms with van der Waals surface area (Å²) in [7, 11) is -4.10. The van der Waals surface area contributed by atoms with Crippen molar-refractivity contribution in [2.24, 2.45) is 0 Å². The monoisotopic (exact) mass is 753 g/mol. The van der Waals surface area contributed by atoms with Gasteiger partial charge in [0.25, 0.3) is 15.9 Å². The fourth-order valence-corrected chi connectivity index (χ4v) is 8.12. The van der Waals surface area contributed by atoms with E-state index >= 15 is 0 Å². The second-order valence-corrected chi connectivity index (χ2v) is 15.6. The highest BCUT2D eigenvalue weighted by Gasteiger charge is 2.31. The molecule has 2 aromatic carbocycles. The molecular formula is C34H33F2N7O7S2. The summed E-state index contributed by atoms with van der Waals surface area (Å²) in [4.78, 5) is 48.8. The number of pyridine rings is 1. The lowest BCUT2D eigenvalue weighted by atomic mass is 10.0. The van der Waals surface area contributed by atoms with Crippen molar-refractivity contribution >= 4 is 66.9 Å². The molecule has 1 saturated heterocycles. The van der Waals surface area contributed by atoms with Crippen molar-refractivity contribution in [3.63, 3.8) is 0 Å². The van der Waals surface area contributed by atoms with Crippen LogP contribution in [0.1, 0.15) is 44.1 Å². The van der Waals surface area contributed by atoms with Crippen LogP contribution in [0.15, 0.2) is 71.9 Å². The van der Waals surface area contributed by atoms with Crippen LogP contribution in [0, 0.1) is 11.6 Å². The van der Waals surface area contributed by atoms with E-state index in [0.717, 1.165) is 16.1 Å². The van der Waals surface area contributed by atoms with Gasteiger partial charge in [0.05, 0.1) is 28.0 Å². The lowest BCUT2D eigenvalue weighted by molar-refractivity contribution is 0.0636. The largest absolute Gasteiger partial charge is 0.465 e. The number of amides is 3. The molecule has 18 heteroatoms. The van der Waals surface area contributed by atoms with Gasteiger partial charge in [-0.2, -0.15) is 0 Å². The predicted octanol–water partition coefficient (Wildman–Crippen LogP) is 6.51. The molecule has 6 rings (SSSR count). The number of aromatic nitrogens is 3. The van der Waals surface area contributed by atoms with Crippen LogP contribution in [0.4, 0.5) is 34.7 Å². The van der Waals surface area contributed by atoms with Crippen LogP contribution in [0.25, 0.3) is 21.6 Å². The Kier molecular flexibility index (Phi) is 9.87. The van der Waals surface area contributed by atoms with Gasteiger partial charge in [-0.25, -0.2) is 40.7 Å². The Morgan fingerprint density at radius 1 is 1.02 bits per heavy atom. The molecule has 272 valence electrons. The van der Waals surface area contributed by atoms with E-state index in [4.69, 9.17) is 4.74 Å². The lowest BCUT2D eigenvalue weighted by Crippen LogP contribution is -2.47. The number of fused-ring (bicyclic) bond motifs is 1. The molecule has 4 N–H and O–H groups in total. The number of nitrogens with zero attached hydrogens (tertiary/aromatic N) is 4. The van der Waals surface area contributed by atoms with Crippen molar-refractivity contribution < 1.29 is 41.4 Å². The average molecular weight is 754 g/mol. The molecule has 14 nitrogen and oxygen atoms in total. The zero-order chi connectivity index (χ0) is 37.4. The molecule has 0 saturated carbocycles. The Morgan fingerprint density at radius 3 is 2.40 bits per heavy atom. The van der Waals surface area contributed by atoms with E-state index in [-0.39, 0.29) is 32.8 Å². The number of ether oxygens (including phenoxy) is 1. The van der Waals surface area contributed by atoms with E-state index in [1.54, 1.807) is 39.0 Å². The zero-order valence-corrected chi connectivity index (χ0v) is 29.6. The molecule has 0 bridgehead atoms. The number of hydrogen-bond donors (Lipinski definition) is 4. The number of benzene rings is 2. The van der Waals surface area contributed by atoms with Crippen LogP contribution in [0.3, 0.4) is 0 Å². The van der Waals surface area contributed by atoms with E-state index in [0.29, 0.717) is 41.8 Å². The smallest absolute Gasteiger partial charge is 0.412 e. The maximum atomic E-state index is 14.8. The summed E-state index contributed by atoms with van der Waals surface area (Å²) in [5, 5.41) is 17.0. The first kappa shape index (κ1) is 36.2. The predicted molar refractivity (Wildman–Crippen MR) is 190 cm³/mol.